The number of hydrogen-bond acceptors (Lipinski definition) is 3. The van der Waals surface area contributed by atoms with Crippen molar-refractivity contribution < 1.29 is 44.3 Å². The second-order valence-electron chi connectivity index (χ2n) is 5.59. The average Bonchev–Trinajstić information content (AvgIpc) is 2.45. The summed E-state index contributed by atoms with van der Waals surface area (Å²) in [5.74, 6) is -9.27. The molecular weight excluding hydrogens is 359 g/mol. The Morgan fingerprint density at radius 1 is 0.833 bits per heavy atom. The quantitative estimate of drug-likeness (QED) is 0.502. The van der Waals surface area contributed by atoms with Gasteiger partial charge in [-0.15, -0.1) is 0 Å². The number of piperazine rings is 1. The topological polar surface area (TPSA) is 15.7 Å². The highest BCUT2D eigenvalue weighted by Crippen LogP contribution is 2.35. The number of likely N-dealkylation sites (N-methyl/N-ethyl adjacent to an activating group) is 1. The van der Waals surface area contributed by atoms with E-state index in [1.54, 1.807) is 11.9 Å². The zero-order chi connectivity index (χ0) is 18.8. The van der Waals surface area contributed by atoms with Gasteiger partial charge in [-0.3, -0.25) is 4.90 Å². The van der Waals surface area contributed by atoms with E-state index >= 15 is 0 Å². The van der Waals surface area contributed by atoms with E-state index in [-0.39, 0.29) is 13.1 Å². The van der Waals surface area contributed by atoms with Crippen LogP contribution in [0.2, 0.25) is 0 Å². The zero-order valence-electron chi connectivity index (χ0n) is 12.6. The first-order valence-electron chi connectivity index (χ1n) is 6.88. The predicted molar refractivity (Wildman–Crippen MR) is 65.6 cm³/mol. The zero-order valence-corrected chi connectivity index (χ0v) is 12.6. The maximum absolute atomic E-state index is 13.8. The summed E-state index contributed by atoms with van der Waals surface area (Å²) in [4.78, 5) is 2.53. The Bertz CT molecular complexity index is 396. The normalized spacial score (nSPS) is 21.8. The minimum Gasteiger partial charge on any atom is -0.369 e. The van der Waals surface area contributed by atoms with Gasteiger partial charge >= 0.3 is 18.0 Å². The van der Waals surface area contributed by atoms with Gasteiger partial charge < -0.3 is 9.64 Å². The number of halogens is 9. The highest BCUT2D eigenvalue weighted by atomic mass is 19.4. The first-order valence-corrected chi connectivity index (χ1v) is 6.88. The average molecular weight is 376 g/mol. The van der Waals surface area contributed by atoms with Gasteiger partial charge in [0.05, 0.1) is 0 Å². The Balaban J connectivity index is 2.52. The van der Waals surface area contributed by atoms with Crippen LogP contribution in [0.4, 0.5) is 39.5 Å². The highest BCUT2D eigenvalue weighted by molar-refractivity contribution is 4.85. The second-order valence-corrected chi connectivity index (χ2v) is 5.59. The molecule has 0 aromatic heterocycles. The van der Waals surface area contributed by atoms with E-state index in [4.69, 9.17) is 0 Å². The van der Waals surface area contributed by atoms with Crippen LogP contribution in [-0.2, 0) is 4.74 Å². The number of hydrogen-bond donors (Lipinski definition) is 0. The molecule has 0 saturated carbocycles. The molecule has 1 heterocycles. The molecule has 1 rings (SSSR count). The van der Waals surface area contributed by atoms with Crippen LogP contribution >= 0.6 is 0 Å². The Kier molecular flexibility index (Phi) is 6.78. The molecule has 2 atom stereocenters. The number of ether oxygens (including phenoxy) is 1. The molecule has 0 amide bonds. The van der Waals surface area contributed by atoms with Gasteiger partial charge in [0.1, 0.15) is 13.2 Å². The van der Waals surface area contributed by atoms with Gasteiger partial charge in [-0.25, -0.2) is 17.6 Å². The lowest BCUT2D eigenvalue weighted by atomic mass is 10.2. The fourth-order valence-corrected chi connectivity index (χ4v) is 2.02. The summed E-state index contributed by atoms with van der Waals surface area (Å²) in [7, 11) is 1.70. The lowest BCUT2D eigenvalue weighted by Gasteiger charge is -2.37. The minimum absolute atomic E-state index is 0.0377. The van der Waals surface area contributed by atoms with E-state index in [1.165, 1.54) is 0 Å². The molecule has 0 spiro atoms. The van der Waals surface area contributed by atoms with Gasteiger partial charge in [-0.1, -0.05) is 0 Å². The van der Waals surface area contributed by atoms with Crippen molar-refractivity contribution in [3.63, 3.8) is 0 Å². The fourth-order valence-electron chi connectivity index (χ4n) is 2.02. The Labute approximate surface area is 132 Å². The summed E-state index contributed by atoms with van der Waals surface area (Å²) in [6.45, 7) is -3.58. The molecule has 1 saturated heterocycles. The molecule has 0 N–H and O–H groups in total. The number of nitrogens with zero attached hydrogens (tertiary/aromatic N) is 2. The van der Waals surface area contributed by atoms with Gasteiger partial charge in [0.25, 0.3) is 6.17 Å². The molecule has 0 aliphatic carbocycles. The van der Waals surface area contributed by atoms with Crippen molar-refractivity contribution >= 4 is 0 Å². The highest BCUT2D eigenvalue weighted by Gasteiger charge is 2.57. The monoisotopic (exact) mass is 376 g/mol. The Morgan fingerprint density at radius 2 is 1.29 bits per heavy atom. The first-order chi connectivity index (χ1) is 10.8. The van der Waals surface area contributed by atoms with Crippen LogP contribution in [0.3, 0.4) is 0 Å². The molecular formula is C12H17F9N2O. The first kappa shape index (κ1) is 21.3. The van der Waals surface area contributed by atoms with E-state index in [9.17, 15) is 39.5 Å². The van der Waals surface area contributed by atoms with Crippen LogP contribution in [-0.4, -0.2) is 86.7 Å². The molecule has 3 nitrogen and oxygen atoms in total. The Hall–Kier alpha value is -0.750. The van der Waals surface area contributed by atoms with Crippen LogP contribution < -0.4 is 0 Å². The largest absolute Gasteiger partial charge is 0.425 e. The minimum atomic E-state index is -5.86. The van der Waals surface area contributed by atoms with Crippen molar-refractivity contribution in [1.29, 1.82) is 0 Å². The predicted octanol–water partition coefficient (Wildman–Crippen LogP) is 2.72. The van der Waals surface area contributed by atoms with Crippen molar-refractivity contribution in [2.45, 2.75) is 30.5 Å². The van der Waals surface area contributed by atoms with Crippen LogP contribution in [0.25, 0.3) is 0 Å². The van der Waals surface area contributed by atoms with Gasteiger partial charge in [-0.2, -0.15) is 22.0 Å². The van der Waals surface area contributed by atoms with Gasteiger partial charge in [-0.05, 0) is 7.05 Å². The van der Waals surface area contributed by atoms with Crippen LogP contribution in [0.1, 0.15) is 0 Å². The van der Waals surface area contributed by atoms with Crippen molar-refractivity contribution in [1.82, 2.24) is 9.80 Å². The van der Waals surface area contributed by atoms with E-state index < -0.39 is 43.7 Å². The summed E-state index contributed by atoms with van der Waals surface area (Å²) in [5, 5.41) is 0. The third-order valence-electron chi connectivity index (χ3n) is 3.45. The van der Waals surface area contributed by atoms with Gasteiger partial charge in [0, 0.05) is 26.2 Å². The molecule has 1 aliphatic heterocycles. The number of rotatable bonds is 7. The van der Waals surface area contributed by atoms with Gasteiger partial charge in [0.2, 0.25) is 6.30 Å². The maximum atomic E-state index is 13.8. The SMILES string of the molecule is CN1CCN(C(F)C(F)(F)COCC(F)(F)C(F)C(F)(F)F)CC1. The lowest BCUT2D eigenvalue weighted by Crippen LogP contribution is -2.54. The summed E-state index contributed by atoms with van der Waals surface area (Å²) in [6.07, 6.45) is -13.3. The molecule has 144 valence electrons. The van der Waals surface area contributed by atoms with Crippen molar-refractivity contribution in [2.75, 3.05) is 46.4 Å². The van der Waals surface area contributed by atoms with Crippen LogP contribution in [0.5, 0.6) is 0 Å². The smallest absolute Gasteiger partial charge is 0.369 e. The van der Waals surface area contributed by atoms with Crippen LogP contribution in [0, 0.1) is 0 Å². The van der Waals surface area contributed by atoms with Crippen molar-refractivity contribution in [3.8, 4) is 0 Å². The molecule has 1 fully saturated rings. The molecule has 0 radical (unpaired) electrons. The van der Waals surface area contributed by atoms with Crippen molar-refractivity contribution in [3.05, 3.63) is 0 Å². The fraction of sp³-hybridized carbons (Fsp3) is 1.00. The second kappa shape index (κ2) is 7.65. The maximum Gasteiger partial charge on any atom is 0.425 e. The van der Waals surface area contributed by atoms with E-state index in [2.05, 4.69) is 4.74 Å². The lowest BCUT2D eigenvalue weighted by molar-refractivity contribution is -0.261. The summed E-state index contributed by atoms with van der Waals surface area (Å²) >= 11 is 0. The molecule has 24 heavy (non-hydrogen) atoms. The van der Waals surface area contributed by atoms with Crippen molar-refractivity contribution in [2.24, 2.45) is 0 Å². The summed E-state index contributed by atoms with van der Waals surface area (Å²) < 4.78 is 119. The Morgan fingerprint density at radius 3 is 1.75 bits per heavy atom. The van der Waals surface area contributed by atoms with E-state index in [0.717, 1.165) is 4.90 Å². The van der Waals surface area contributed by atoms with Crippen LogP contribution in [0.15, 0.2) is 0 Å². The summed E-state index contributed by atoms with van der Waals surface area (Å²) in [6, 6.07) is 0. The molecule has 2 unspecified atom stereocenters. The molecule has 0 aromatic rings. The summed E-state index contributed by atoms with van der Waals surface area (Å²) in [5.41, 5.74) is 0. The van der Waals surface area contributed by atoms with Gasteiger partial charge in [0.15, 0.2) is 0 Å². The number of alkyl halides is 9. The van der Waals surface area contributed by atoms with E-state index in [0.29, 0.717) is 13.1 Å². The van der Waals surface area contributed by atoms with E-state index in [1.807, 2.05) is 0 Å². The molecule has 0 bridgehead atoms. The third kappa shape index (κ3) is 5.66. The molecule has 0 aromatic carbocycles. The molecule has 12 heteroatoms. The molecule has 1 aliphatic rings. The third-order valence-corrected chi connectivity index (χ3v) is 3.45. The standard InChI is InChI=1S/C12H17F9N2O/c1-22-2-4-23(5-3-22)9(14)11(17,18)7-24-6-10(15,16)8(13)12(19,20)21/h8-9H,2-7H2,1H3.